The van der Waals surface area contributed by atoms with Crippen molar-refractivity contribution in [1.29, 1.82) is 0 Å². The van der Waals surface area contributed by atoms with Gasteiger partial charge in [0.25, 0.3) is 0 Å². The van der Waals surface area contributed by atoms with E-state index in [4.69, 9.17) is 9.47 Å². The molecule has 2 fully saturated rings. The fourth-order valence-electron chi connectivity index (χ4n) is 6.22. The van der Waals surface area contributed by atoms with Crippen molar-refractivity contribution in [3.05, 3.63) is 94.3 Å². The summed E-state index contributed by atoms with van der Waals surface area (Å²) in [5, 5.41) is 0. The second-order valence-corrected chi connectivity index (χ2v) is 11.7. The molecule has 42 heavy (non-hydrogen) atoms. The molecule has 2 saturated carbocycles. The average Bonchev–Trinajstić information content (AvgIpc) is 2.96. The van der Waals surface area contributed by atoms with E-state index in [1.165, 1.54) is 31.2 Å². The standard InChI is InChI=1S/C33H33F7O2/c1-19-2-4-21(5-3-19)22-6-8-23(9-7-22)24-10-12-25(13-11-24)33(39,40)42-26-16-29(36)32(30(37)17-26)41-18-20-14-27(34)31(38)28(35)15-20/h6-9,14-17,19,21,24-25H,2-5,10-13,18H2,1H3. The summed E-state index contributed by atoms with van der Waals surface area (Å²) in [5.41, 5.74) is 2.26. The Morgan fingerprint density at radius 1 is 0.667 bits per heavy atom. The third-order valence-corrected chi connectivity index (χ3v) is 8.75. The van der Waals surface area contributed by atoms with Crippen LogP contribution in [0.2, 0.25) is 0 Å². The Balaban J connectivity index is 1.16. The van der Waals surface area contributed by atoms with Gasteiger partial charge in [0.15, 0.2) is 34.8 Å². The minimum Gasteiger partial charge on any atom is -0.483 e. The number of benzene rings is 3. The molecule has 3 aromatic rings. The highest BCUT2D eigenvalue weighted by Gasteiger charge is 2.44. The first-order chi connectivity index (χ1) is 20.0. The normalized spacial score (nSPS) is 23.0. The molecule has 2 nitrogen and oxygen atoms in total. The van der Waals surface area contributed by atoms with Gasteiger partial charge in [0.05, 0.1) is 5.92 Å². The van der Waals surface area contributed by atoms with Crippen LogP contribution < -0.4 is 9.47 Å². The van der Waals surface area contributed by atoms with E-state index in [0.717, 1.165) is 11.5 Å². The SMILES string of the molecule is CC1CCC(c2ccc(C3CCC(C(F)(F)Oc4cc(F)c(OCc5cc(F)c(F)c(F)c5)c(F)c4)CC3)cc2)CC1. The monoisotopic (exact) mass is 594 g/mol. The zero-order valence-electron chi connectivity index (χ0n) is 23.3. The first-order valence-corrected chi connectivity index (χ1v) is 14.4. The molecule has 0 unspecified atom stereocenters. The topological polar surface area (TPSA) is 18.5 Å². The maximum absolute atomic E-state index is 15.1. The molecule has 2 aliphatic rings. The van der Waals surface area contributed by atoms with E-state index in [9.17, 15) is 22.0 Å². The van der Waals surface area contributed by atoms with E-state index < -0.39 is 59.2 Å². The molecule has 3 aromatic carbocycles. The molecule has 0 aliphatic heterocycles. The fourth-order valence-corrected chi connectivity index (χ4v) is 6.22. The Hall–Kier alpha value is -3.23. The molecular weight excluding hydrogens is 561 g/mol. The maximum Gasteiger partial charge on any atom is 0.400 e. The summed E-state index contributed by atoms with van der Waals surface area (Å²) < 4.78 is 109. The summed E-state index contributed by atoms with van der Waals surface area (Å²) in [6, 6.07) is 11.0. The van der Waals surface area contributed by atoms with E-state index in [1.807, 2.05) is 0 Å². The zero-order chi connectivity index (χ0) is 30.0. The van der Waals surface area contributed by atoms with Gasteiger partial charge in [-0.25, -0.2) is 22.0 Å². The fraction of sp³-hybridized carbons (Fsp3) is 0.455. The number of ether oxygens (including phenoxy) is 2. The predicted molar refractivity (Wildman–Crippen MR) is 144 cm³/mol. The van der Waals surface area contributed by atoms with Gasteiger partial charge in [-0.15, -0.1) is 0 Å². The van der Waals surface area contributed by atoms with E-state index in [1.54, 1.807) is 0 Å². The molecule has 9 heteroatoms. The van der Waals surface area contributed by atoms with Crippen molar-refractivity contribution < 1.29 is 40.2 Å². The number of hydrogen-bond donors (Lipinski definition) is 0. The third-order valence-electron chi connectivity index (χ3n) is 8.75. The number of halogens is 7. The summed E-state index contributed by atoms with van der Waals surface area (Å²) >= 11 is 0. The first-order valence-electron chi connectivity index (χ1n) is 14.4. The summed E-state index contributed by atoms with van der Waals surface area (Å²) in [4.78, 5) is 0. The smallest absolute Gasteiger partial charge is 0.400 e. The van der Waals surface area contributed by atoms with Gasteiger partial charge < -0.3 is 9.47 Å². The van der Waals surface area contributed by atoms with Crippen LogP contribution in [0.25, 0.3) is 0 Å². The lowest BCUT2D eigenvalue weighted by Gasteiger charge is -2.33. The van der Waals surface area contributed by atoms with Crippen LogP contribution in [-0.2, 0) is 6.61 Å². The minimum atomic E-state index is -3.66. The lowest BCUT2D eigenvalue weighted by atomic mass is 9.76. The molecule has 0 atom stereocenters. The summed E-state index contributed by atoms with van der Waals surface area (Å²) in [6.07, 6.45) is 2.70. The van der Waals surface area contributed by atoms with Crippen LogP contribution in [0.15, 0.2) is 48.5 Å². The number of rotatable bonds is 8. The molecule has 0 bridgehead atoms. The quantitative estimate of drug-likeness (QED) is 0.191. The summed E-state index contributed by atoms with van der Waals surface area (Å²) in [5.74, 6) is -8.59. The highest BCUT2D eigenvalue weighted by atomic mass is 19.3. The molecule has 0 radical (unpaired) electrons. The van der Waals surface area contributed by atoms with E-state index in [-0.39, 0.29) is 24.3 Å². The first kappa shape index (κ1) is 30.2. The van der Waals surface area contributed by atoms with Crippen molar-refractivity contribution in [3.63, 3.8) is 0 Å². The highest BCUT2D eigenvalue weighted by Crippen LogP contribution is 2.44. The Kier molecular flexibility index (Phi) is 9.04. The van der Waals surface area contributed by atoms with Crippen molar-refractivity contribution >= 4 is 0 Å². The molecule has 5 rings (SSSR count). The molecule has 0 aromatic heterocycles. The van der Waals surface area contributed by atoms with Crippen LogP contribution in [0.4, 0.5) is 30.7 Å². The van der Waals surface area contributed by atoms with Gasteiger partial charge >= 0.3 is 6.11 Å². The Morgan fingerprint density at radius 2 is 1.14 bits per heavy atom. The average molecular weight is 595 g/mol. The minimum absolute atomic E-state index is 0.159. The van der Waals surface area contributed by atoms with E-state index in [0.29, 0.717) is 43.0 Å². The maximum atomic E-state index is 15.1. The summed E-state index contributed by atoms with van der Waals surface area (Å²) in [7, 11) is 0. The molecule has 0 amide bonds. The van der Waals surface area contributed by atoms with Gasteiger partial charge in [-0.05, 0) is 85.1 Å². The van der Waals surface area contributed by atoms with Gasteiger partial charge in [-0.3, -0.25) is 0 Å². The van der Waals surface area contributed by atoms with Gasteiger partial charge in [0, 0.05) is 12.1 Å². The lowest BCUT2D eigenvalue weighted by molar-refractivity contribution is -0.222. The van der Waals surface area contributed by atoms with Crippen molar-refractivity contribution in [2.75, 3.05) is 0 Å². The lowest BCUT2D eigenvalue weighted by Crippen LogP contribution is -2.37. The second-order valence-electron chi connectivity index (χ2n) is 11.7. The molecule has 0 N–H and O–H groups in total. The van der Waals surface area contributed by atoms with E-state index in [2.05, 4.69) is 31.2 Å². The Morgan fingerprint density at radius 3 is 1.64 bits per heavy atom. The van der Waals surface area contributed by atoms with Gasteiger partial charge in [-0.1, -0.05) is 44.0 Å². The number of alkyl halides is 2. The molecule has 0 heterocycles. The predicted octanol–water partition coefficient (Wildman–Crippen LogP) is 10.2. The molecular formula is C33H33F7O2. The van der Waals surface area contributed by atoms with Crippen LogP contribution in [0.1, 0.15) is 86.8 Å². The molecule has 0 saturated heterocycles. The van der Waals surface area contributed by atoms with Crippen LogP contribution in [0.3, 0.4) is 0 Å². The zero-order valence-corrected chi connectivity index (χ0v) is 23.3. The molecule has 2 aliphatic carbocycles. The van der Waals surface area contributed by atoms with Crippen molar-refractivity contribution in [2.24, 2.45) is 11.8 Å². The van der Waals surface area contributed by atoms with Crippen molar-refractivity contribution in [1.82, 2.24) is 0 Å². The van der Waals surface area contributed by atoms with Crippen LogP contribution >= 0.6 is 0 Å². The van der Waals surface area contributed by atoms with Gasteiger partial charge in [0.2, 0.25) is 0 Å². The highest BCUT2D eigenvalue weighted by molar-refractivity contribution is 5.35. The van der Waals surface area contributed by atoms with Crippen molar-refractivity contribution in [2.45, 2.75) is 82.8 Å². The second kappa shape index (κ2) is 12.6. The Bertz CT molecular complexity index is 1330. The third kappa shape index (κ3) is 6.87. The van der Waals surface area contributed by atoms with Gasteiger partial charge in [0.1, 0.15) is 12.4 Å². The molecule has 226 valence electrons. The van der Waals surface area contributed by atoms with Crippen LogP contribution in [0.5, 0.6) is 11.5 Å². The van der Waals surface area contributed by atoms with Gasteiger partial charge in [-0.2, -0.15) is 8.78 Å². The molecule has 0 spiro atoms. The largest absolute Gasteiger partial charge is 0.483 e. The van der Waals surface area contributed by atoms with Crippen molar-refractivity contribution in [3.8, 4) is 11.5 Å². The van der Waals surface area contributed by atoms with E-state index >= 15 is 8.78 Å². The Labute approximate surface area is 240 Å². The number of hydrogen-bond acceptors (Lipinski definition) is 2. The van der Waals surface area contributed by atoms with Crippen LogP contribution in [-0.4, -0.2) is 6.11 Å². The van der Waals surface area contributed by atoms with Crippen LogP contribution in [0, 0.1) is 40.9 Å². The summed E-state index contributed by atoms with van der Waals surface area (Å²) in [6.45, 7) is 1.60.